The second-order valence-electron chi connectivity index (χ2n) is 7.95. The van der Waals surface area contributed by atoms with Gasteiger partial charge < -0.3 is 5.32 Å². The van der Waals surface area contributed by atoms with Crippen molar-refractivity contribution in [3.63, 3.8) is 0 Å². The lowest BCUT2D eigenvalue weighted by Crippen LogP contribution is -2.56. The topological polar surface area (TPSA) is 96.0 Å². The number of anilines is 1. The molecular weight excluding hydrogens is 318 g/mol. The fourth-order valence-corrected chi connectivity index (χ4v) is 5.39. The molecule has 4 fully saturated rings. The summed E-state index contributed by atoms with van der Waals surface area (Å²) in [6, 6.07) is 1.73. The van der Waals surface area contributed by atoms with Crippen molar-refractivity contribution in [2.75, 3.05) is 11.9 Å². The zero-order valence-corrected chi connectivity index (χ0v) is 14.3. The summed E-state index contributed by atoms with van der Waals surface area (Å²) >= 11 is 0. The molecule has 4 aliphatic carbocycles. The molecule has 0 unspecified atom stereocenters. The van der Waals surface area contributed by atoms with Crippen LogP contribution in [0.25, 0.3) is 0 Å². The van der Waals surface area contributed by atoms with E-state index in [9.17, 15) is 9.59 Å². The lowest BCUT2D eigenvalue weighted by molar-refractivity contribution is -0.148. The summed E-state index contributed by atoms with van der Waals surface area (Å²) in [5.74, 6) is 2.43. The average Bonchev–Trinajstić information content (AvgIpc) is 2.59. The molecule has 4 saturated carbocycles. The van der Waals surface area contributed by atoms with Gasteiger partial charge in [0, 0.05) is 25.4 Å². The van der Waals surface area contributed by atoms with Crippen LogP contribution in [0.4, 0.5) is 5.95 Å². The van der Waals surface area contributed by atoms with E-state index in [1.165, 1.54) is 19.3 Å². The van der Waals surface area contributed by atoms with Gasteiger partial charge in [-0.3, -0.25) is 20.4 Å². The molecule has 134 valence electrons. The van der Waals surface area contributed by atoms with Crippen LogP contribution < -0.4 is 16.2 Å². The molecule has 3 N–H and O–H groups in total. The lowest BCUT2D eigenvalue weighted by Gasteiger charge is -2.55. The Balaban J connectivity index is 1.23. The number of amides is 2. The quantitative estimate of drug-likeness (QED) is 0.707. The predicted molar refractivity (Wildman–Crippen MR) is 92.0 cm³/mol. The van der Waals surface area contributed by atoms with Gasteiger partial charge in [-0.25, -0.2) is 9.97 Å². The maximum absolute atomic E-state index is 12.7. The molecule has 1 heterocycles. The first-order valence-corrected chi connectivity index (χ1v) is 9.23. The van der Waals surface area contributed by atoms with Gasteiger partial charge in [0.1, 0.15) is 0 Å². The van der Waals surface area contributed by atoms with Crippen LogP contribution in [0, 0.1) is 23.2 Å². The SMILES string of the molecule is O=C(CCNc1ncccn1)NNC(=O)C12CC3CC(CC(C3)C1)C2. The molecule has 25 heavy (non-hydrogen) atoms. The number of nitrogens with zero attached hydrogens (tertiary/aromatic N) is 2. The maximum atomic E-state index is 12.7. The van der Waals surface area contributed by atoms with Crippen molar-refractivity contribution < 1.29 is 9.59 Å². The predicted octanol–water partition coefficient (Wildman–Crippen LogP) is 1.64. The highest BCUT2D eigenvalue weighted by molar-refractivity contribution is 5.86. The number of rotatable bonds is 5. The molecule has 4 bridgehead atoms. The summed E-state index contributed by atoms with van der Waals surface area (Å²) in [5.41, 5.74) is 5.03. The zero-order valence-electron chi connectivity index (χ0n) is 14.3. The normalized spacial score (nSPS) is 32.2. The van der Waals surface area contributed by atoms with Crippen molar-refractivity contribution in [3.05, 3.63) is 18.5 Å². The number of hydrogen-bond acceptors (Lipinski definition) is 5. The van der Waals surface area contributed by atoms with E-state index in [1.807, 2.05) is 0 Å². The molecule has 5 rings (SSSR count). The van der Waals surface area contributed by atoms with Crippen LogP contribution in [0.3, 0.4) is 0 Å². The summed E-state index contributed by atoms with van der Waals surface area (Å²) in [4.78, 5) is 32.8. The monoisotopic (exact) mass is 343 g/mol. The van der Waals surface area contributed by atoms with Gasteiger partial charge in [0.05, 0.1) is 5.41 Å². The van der Waals surface area contributed by atoms with Gasteiger partial charge in [-0.1, -0.05) is 0 Å². The van der Waals surface area contributed by atoms with Gasteiger partial charge in [0.25, 0.3) is 0 Å². The third-order valence-electron chi connectivity index (χ3n) is 6.04. The smallest absolute Gasteiger partial charge is 0.244 e. The number of hydrazine groups is 1. The molecule has 0 saturated heterocycles. The van der Waals surface area contributed by atoms with Crippen LogP contribution in [-0.2, 0) is 9.59 Å². The Kier molecular flexibility index (Phi) is 4.31. The number of hydrogen-bond donors (Lipinski definition) is 3. The third-order valence-corrected chi connectivity index (χ3v) is 6.04. The number of carbonyl (C=O) groups is 2. The lowest BCUT2D eigenvalue weighted by atomic mass is 9.49. The van der Waals surface area contributed by atoms with E-state index in [1.54, 1.807) is 18.5 Å². The molecule has 0 spiro atoms. The molecule has 0 aromatic carbocycles. The third kappa shape index (κ3) is 3.45. The Morgan fingerprint density at radius 1 is 1.00 bits per heavy atom. The minimum Gasteiger partial charge on any atom is -0.354 e. The summed E-state index contributed by atoms with van der Waals surface area (Å²) in [6.45, 7) is 0.420. The second-order valence-corrected chi connectivity index (χ2v) is 7.95. The minimum absolute atomic E-state index is 0.0132. The van der Waals surface area contributed by atoms with Gasteiger partial charge in [0.2, 0.25) is 17.8 Å². The first kappa shape index (κ1) is 16.3. The highest BCUT2D eigenvalue weighted by atomic mass is 16.2. The van der Waals surface area contributed by atoms with Crippen molar-refractivity contribution in [2.24, 2.45) is 23.2 Å². The molecule has 1 aromatic rings. The highest BCUT2D eigenvalue weighted by Gasteiger charge is 2.54. The first-order valence-electron chi connectivity index (χ1n) is 9.23. The zero-order chi connectivity index (χ0) is 17.3. The maximum Gasteiger partial charge on any atom is 0.244 e. The van der Waals surface area contributed by atoms with E-state index in [2.05, 4.69) is 26.1 Å². The van der Waals surface area contributed by atoms with Gasteiger partial charge in [-0.05, 0) is 62.3 Å². The van der Waals surface area contributed by atoms with Crippen LogP contribution in [0.2, 0.25) is 0 Å². The van der Waals surface area contributed by atoms with Crippen LogP contribution in [0.1, 0.15) is 44.9 Å². The number of nitrogens with one attached hydrogen (secondary N) is 3. The van der Waals surface area contributed by atoms with Gasteiger partial charge in [0.15, 0.2) is 0 Å². The van der Waals surface area contributed by atoms with Crippen molar-refractivity contribution in [2.45, 2.75) is 44.9 Å². The first-order chi connectivity index (χ1) is 12.1. The molecule has 2 amide bonds. The van der Waals surface area contributed by atoms with E-state index in [-0.39, 0.29) is 23.7 Å². The van der Waals surface area contributed by atoms with Gasteiger partial charge in [-0.15, -0.1) is 0 Å². The Morgan fingerprint density at radius 2 is 1.60 bits per heavy atom. The van der Waals surface area contributed by atoms with E-state index in [0.29, 0.717) is 30.2 Å². The highest BCUT2D eigenvalue weighted by Crippen LogP contribution is 2.59. The van der Waals surface area contributed by atoms with E-state index in [0.717, 1.165) is 19.3 Å². The van der Waals surface area contributed by atoms with E-state index in [4.69, 9.17) is 0 Å². The Hall–Kier alpha value is -2.18. The fraction of sp³-hybridized carbons (Fsp3) is 0.667. The largest absolute Gasteiger partial charge is 0.354 e. The molecule has 0 radical (unpaired) electrons. The average molecular weight is 343 g/mol. The Bertz CT molecular complexity index is 613. The van der Waals surface area contributed by atoms with Gasteiger partial charge >= 0.3 is 0 Å². The molecular formula is C18H25N5O2. The standard InChI is InChI=1S/C18H25N5O2/c24-15(2-5-21-17-19-3-1-4-20-17)22-23-16(25)18-9-12-6-13(10-18)8-14(7-12)11-18/h1,3-4,12-14H,2,5-11H2,(H,22,24)(H,23,25)(H,19,20,21). The summed E-state index contributed by atoms with van der Waals surface area (Å²) in [6.07, 6.45) is 10.4. The molecule has 0 atom stereocenters. The van der Waals surface area contributed by atoms with Crippen molar-refractivity contribution in [3.8, 4) is 0 Å². The van der Waals surface area contributed by atoms with Gasteiger partial charge in [-0.2, -0.15) is 0 Å². The molecule has 7 nitrogen and oxygen atoms in total. The van der Waals surface area contributed by atoms with Crippen molar-refractivity contribution in [1.29, 1.82) is 0 Å². The second kappa shape index (κ2) is 6.61. The number of carbonyl (C=O) groups excluding carboxylic acids is 2. The van der Waals surface area contributed by atoms with Crippen LogP contribution in [0.5, 0.6) is 0 Å². The Morgan fingerprint density at radius 3 is 2.20 bits per heavy atom. The summed E-state index contributed by atoms with van der Waals surface area (Å²) in [5, 5.41) is 2.98. The van der Waals surface area contributed by atoms with Crippen LogP contribution >= 0.6 is 0 Å². The Labute approximate surface area is 147 Å². The van der Waals surface area contributed by atoms with Crippen molar-refractivity contribution >= 4 is 17.8 Å². The minimum atomic E-state index is -0.238. The molecule has 4 aliphatic rings. The van der Waals surface area contributed by atoms with E-state index < -0.39 is 0 Å². The summed E-state index contributed by atoms with van der Waals surface area (Å²) in [7, 11) is 0. The summed E-state index contributed by atoms with van der Waals surface area (Å²) < 4.78 is 0. The van der Waals surface area contributed by atoms with E-state index >= 15 is 0 Å². The molecule has 7 heteroatoms. The van der Waals surface area contributed by atoms with Crippen LogP contribution in [0.15, 0.2) is 18.5 Å². The molecule has 1 aromatic heterocycles. The number of aromatic nitrogens is 2. The fourth-order valence-electron chi connectivity index (χ4n) is 5.39. The van der Waals surface area contributed by atoms with Crippen molar-refractivity contribution in [1.82, 2.24) is 20.8 Å². The van der Waals surface area contributed by atoms with Crippen LogP contribution in [-0.4, -0.2) is 28.3 Å². The molecule has 0 aliphatic heterocycles.